The van der Waals surface area contributed by atoms with E-state index < -0.39 is 0 Å². The molecule has 2 rings (SSSR count). The lowest BCUT2D eigenvalue weighted by Gasteiger charge is -2.20. The van der Waals surface area contributed by atoms with Crippen molar-refractivity contribution in [2.45, 2.75) is 32.2 Å². The number of carbonyl (C=O) groups excluding carboxylic acids is 1. The molecule has 1 N–H and O–H groups in total. The first-order chi connectivity index (χ1) is 6.77. The van der Waals surface area contributed by atoms with Crippen molar-refractivity contribution in [1.82, 2.24) is 14.9 Å². The predicted molar refractivity (Wildman–Crippen MR) is 52.7 cm³/mol. The Bertz CT molecular complexity index is 307. The zero-order valence-corrected chi connectivity index (χ0v) is 8.36. The molecular formula is C10H15N3O. The van der Waals surface area contributed by atoms with Gasteiger partial charge in [-0.05, 0) is 19.8 Å². The van der Waals surface area contributed by atoms with Crippen molar-refractivity contribution < 1.29 is 4.79 Å². The average molecular weight is 193 g/mol. The highest BCUT2D eigenvalue weighted by Crippen LogP contribution is 2.17. The topological polar surface area (TPSA) is 49.0 Å². The third-order valence-electron chi connectivity index (χ3n) is 2.77. The van der Waals surface area contributed by atoms with Gasteiger partial charge in [-0.15, -0.1) is 0 Å². The first-order valence-electron chi connectivity index (χ1n) is 5.04. The van der Waals surface area contributed by atoms with Gasteiger partial charge in [0.1, 0.15) is 0 Å². The van der Waals surface area contributed by atoms with Gasteiger partial charge in [-0.25, -0.2) is 4.98 Å². The number of hydrogen-bond acceptors (Lipinski definition) is 2. The lowest BCUT2D eigenvalue weighted by molar-refractivity contribution is -0.131. The van der Waals surface area contributed by atoms with Crippen molar-refractivity contribution in [2.24, 2.45) is 0 Å². The van der Waals surface area contributed by atoms with Crippen LogP contribution in [0, 0.1) is 0 Å². The van der Waals surface area contributed by atoms with Gasteiger partial charge in [0, 0.05) is 24.5 Å². The molecule has 1 fully saturated rings. The average Bonchev–Trinajstić information content (AvgIpc) is 2.75. The number of amides is 1. The van der Waals surface area contributed by atoms with Gasteiger partial charge in [-0.1, -0.05) is 0 Å². The number of H-pyrrole nitrogens is 1. The molecule has 0 spiro atoms. The van der Waals surface area contributed by atoms with Crippen LogP contribution in [0.25, 0.3) is 0 Å². The summed E-state index contributed by atoms with van der Waals surface area (Å²) in [5.74, 6) is 0.208. The SMILES string of the molecule is C[C@H]1CCCN1C(=O)Cc1cnc[nH]1. The second-order valence-corrected chi connectivity index (χ2v) is 3.83. The van der Waals surface area contributed by atoms with Crippen LogP contribution in [0.3, 0.4) is 0 Å². The molecule has 1 aromatic rings. The highest BCUT2D eigenvalue weighted by molar-refractivity contribution is 5.78. The molecule has 76 valence electrons. The van der Waals surface area contributed by atoms with Crippen molar-refractivity contribution in [3.8, 4) is 0 Å². The molecule has 0 unspecified atom stereocenters. The summed E-state index contributed by atoms with van der Waals surface area (Å²) in [4.78, 5) is 20.6. The maximum Gasteiger partial charge on any atom is 0.228 e. The second-order valence-electron chi connectivity index (χ2n) is 3.83. The van der Waals surface area contributed by atoms with Crippen molar-refractivity contribution in [3.05, 3.63) is 18.2 Å². The van der Waals surface area contributed by atoms with Gasteiger partial charge in [-0.2, -0.15) is 0 Å². The molecule has 1 saturated heterocycles. The monoisotopic (exact) mass is 193 g/mol. The summed E-state index contributed by atoms with van der Waals surface area (Å²) < 4.78 is 0. The van der Waals surface area contributed by atoms with E-state index in [2.05, 4.69) is 16.9 Å². The molecule has 1 atom stereocenters. The number of likely N-dealkylation sites (tertiary alicyclic amines) is 1. The molecule has 0 radical (unpaired) electrons. The van der Waals surface area contributed by atoms with Crippen molar-refractivity contribution >= 4 is 5.91 Å². The van der Waals surface area contributed by atoms with E-state index in [0.29, 0.717) is 12.5 Å². The van der Waals surface area contributed by atoms with Crippen LogP contribution in [-0.4, -0.2) is 33.4 Å². The third kappa shape index (κ3) is 1.78. The van der Waals surface area contributed by atoms with E-state index in [1.54, 1.807) is 12.5 Å². The van der Waals surface area contributed by atoms with Gasteiger partial charge in [0.25, 0.3) is 0 Å². The first-order valence-corrected chi connectivity index (χ1v) is 5.04. The Hall–Kier alpha value is -1.32. The quantitative estimate of drug-likeness (QED) is 0.760. The highest BCUT2D eigenvalue weighted by Gasteiger charge is 2.24. The van der Waals surface area contributed by atoms with Crippen LogP contribution in [0.5, 0.6) is 0 Å². The van der Waals surface area contributed by atoms with E-state index >= 15 is 0 Å². The Balaban J connectivity index is 1.95. The molecule has 4 heteroatoms. The number of carbonyl (C=O) groups is 1. The van der Waals surface area contributed by atoms with Crippen molar-refractivity contribution in [2.75, 3.05) is 6.54 Å². The summed E-state index contributed by atoms with van der Waals surface area (Å²) in [6, 6.07) is 0.408. The van der Waals surface area contributed by atoms with Gasteiger partial charge >= 0.3 is 0 Å². The number of hydrogen-bond donors (Lipinski definition) is 1. The lowest BCUT2D eigenvalue weighted by Crippen LogP contribution is -2.34. The summed E-state index contributed by atoms with van der Waals surface area (Å²) in [6.07, 6.45) is 6.03. The molecule has 4 nitrogen and oxygen atoms in total. The van der Waals surface area contributed by atoms with Crippen LogP contribution >= 0.6 is 0 Å². The van der Waals surface area contributed by atoms with E-state index in [9.17, 15) is 4.79 Å². The molecule has 1 aliphatic rings. The van der Waals surface area contributed by atoms with Gasteiger partial charge in [-0.3, -0.25) is 4.79 Å². The summed E-state index contributed by atoms with van der Waals surface area (Å²) in [6.45, 7) is 3.02. The number of nitrogens with one attached hydrogen (secondary N) is 1. The largest absolute Gasteiger partial charge is 0.348 e. The number of nitrogens with zero attached hydrogens (tertiary/aromatic N) is 2. The summed E-state index contributed by atoms with van der Waals surface area (Å²) in [5, 5.41) is 0. The highest BCUT2D eigenvalue weighted by atomic mass is 16.2. The molecule has 0 aromatic carbocycles. The first kappa shape index (κ1) is 9.24. The zero-order chi connectivity index (χ0) is 9.97. The second kappa shape index (κ2) is 3.82. The number of aromatic amines is 1. The fourth-order valence-electron chi connectivity index (χ4n) is 1.95. The van der Waals surface area contributed by atoms with Crippen LogP contribution in [0.1, 0.15) is 25.5 Å². The predicted octanol–water partition coefficient (Wildman–Crippen LogP) is 0.963. The van der Waals surface area contributed by atoms with Gasteiger partial charge < -0.3 is 9.88 Å². The third-order valence-corrected chi connectivity index (χ3v) is 2.77. The summed E-state index contributed by atoms with van der Waals surface area (Å²) in [7, 11) is 0. The van der Waals surface area contributed by atoms with Gasteiger partial charge in [0.15, 0.2) is 0 Å². The van der Waals surface area contributed by atoms with Crippen LogP contribution in [0.4, 0.5) is 0 Å². The molecule has 0 bridgehead atoms. The Morgan fingerprint density at radius 3 is 3.21 bits per heavy atom. The van der Waals surface area contributed by atoms with Crippen molar-refractivity contribution in [3.63, 3.8) is 0 Å². The number of aromatic nitrogens is 2. The molecule has 0 saturated carbocycles. The number of imidazole rings is 1. The smallest absolute Gasteiger partial charge is 0.228 e. The van der Waals surface area contributed by atoms with Crippen molar-refractivity contribution in [1.29, 1.82) is 0 Å². The Labute approximate surface area is 83.3 Å². The van der Waals surface area contributed by atoms with Gasteiger partial charge in [0.05, 0.1) is 12.7 Å². The molecule has 1 aliphatic heterocycles. The Morgan fingerprint density at radius 1 is 1.79 bits per heavy atom. The molecule has 2 heterocycles. The van der Waals surface area contributed by atoms with E-state index in [1.165, 1.54) is 0 Å². The minimum atomic E-state index is 0.208. The van der Waals surface area contributed by atoms with Crippen LogP contribution in [0.2, 0.25) is 0 Å². The van der Waals surface area contributed by atoms with Crippen LogP contribution in [0.15, 0.2) is 12.5 Å². The molecule has 1 amide bonds. The number of rotatable bonds is 2. The summed E-state index contributed by atoms with van der Waals surface area (Å²) >= 11 is 0. The molecule has 0 aliphatic carbocycles. The van der Waals surface area contributed by atoms with Crippen LogP contribution in [-0.2, 0) is 11.2 Å². The van der Waals surface area contributed by atoms with E-state index in [-0.39, 0.29) is 5.91 Å². The van der Waals surface area contributed by atoms with Crippen LogP contribution < -0.4 is 0 Å². The van der Waals surface area contributed by atoms with E-state index in [0.717, 1.165) is 25.1 Å². The van der Waals surface area contributed by atoms with Gasteiger partial charge in [0.2, 0.25) is 5.91 Å². The fraction of sp³-hybridized carbons (Fsp3) is 0.600. The molecule has 1 aromatic heterocycles. The minimum Gasteiger partial charge on any atom is -0.348 e. The standard InChI is InChI=1S/C10H15N3O/c1-8-3-2-4-13(8)10(14)5-9-6-11-7-12-9/h6-8H,2-5H2,1H3,(H,11,12)/t8-/m0/s1. The lowest BCUT2D eigenvalue weighted by atomic mass is 10.2. The van der Waals surface area contributed by atoms with E-state index in [4.69, 9.17) is 0 Å². The Morgan fingerprint density at radius 2 is 2.64 bits per heavy atom. The summed E-state index contributed by atoms with van der Waals surface area (Å²) in [5.41, 5.74) is 0.897. The maximum absolute atomic E-state index is 11.8. The Kier molecular flexibility index (Phi) is 2.52. The fourth-order valence-corrected chi connectivity index (χ4v) is 1.95. The minimum absolute atomic E-state index is 0.208. The van der Waals surface area contributed by atoms with E-state index in [1.807, 2.05) is 4.90 Å². The normalized spacial score (nSPS) is 21.5. The molecule has 14 heavy (non-hydrogen) atoms. The molecular weight excluding hydrogens is 178 g/mol. The zero-order valence-electron chi connectivity index (χ0n) is 8.36. The maximum atomic E-state index is 11.8.